The lowest BCUT2D eigenvalue weighted by atomic mass is 9.90. The molecule has 6 rings (SSSR count). The molecular formula is C32H31N3O5. The largest absolute Gasteiger partial charge is 0.495 e. The monoisotopic (exact) mass is 537 g/mol. The normalized spacial score (nSPS) is 14.6. The second-order valence-corrected chi connectivity index (χ2v) is 9.97. The van der Waals surface area contributed by atoms with Crippen LogP contribution in [0.4, 0.5) is 17.1 Å². The SMILES string of the molecule is CCOC(=O)c1ccc(N=c2oc3c4c5c(cc3cc2C(=O)Nc2ccccc2OC)CCCN5CCC4)cc1. The predicted octanol–water partition coefficient (Wildman–Crippen LogP) is 5.80. The number of fused-ring (bicyclic) bond motifs is 2. The second-order valence-electron chi connectivity index (χ2n) is 9.97. The molecule has 0 fully saturated rings. The summed E-state index contributed by atoms with van der Waals surface area (Å²) in [5.41, 5.74) is 6.58. The van der Waals surface area contributed by atoms with Crippen molar-refractivity contribution in [3.05, 3.63) is 88.5 Å². The molecule has 204 valence electrons. The van der Waals surface area contributed by atoms with Crippen molar-refractivity contribution in [2.75, 3.05) is 37.0 Å². The number of benzene rings is 3. The van der Waals surface area contributed by atoms with E-state index in [1.165, 1.54) is 16.8 Å². The number of ether oxygens (including phenoxy) is 2. The third-order valence-corrected chi connectivity index (χ3v) is 7.44. The van der Waals surface area contributed by atoms with E-state index in [-0.39, 0.29) is 11.5 Å². The molecule has 3 aromatic carbocycles. The molecule has 0 bridgehead atoms. The molecule has 8 nitrogen and oxygen atoms in total. The highest BCUT2D eigenvalue weighted by Crippen LogP contribution is 2.40. The summed E-state index contributed by atoms with van der Waals surface area (Å²) < 4.78 is 17.0. The molecule has 2 aliphatic heterocycles. The van der Waals surface area contributed by atoms with Crippen molar-refractivity contribution >= 4 is 39.9 Å². The van der Waals surface area contributed by atoms with Gasteiger partial charge >= 0.3 is 5.97 Å². The van der Waals surface area contributed by atoms with Crippen LogP contribution < -0.4 is 20.5 Å². The van der Waals surface area contributed by atoms with E-state index < -0.39 is 5.97 Å². The van der Waals surface area contributed by atoms with E-state index in [2.05, 4.69) is 16.3 Å². The summed E-state index contributed by atoms with van der Waals surface area (Å²) in [7, 11) is 1.56. The predicted molar refractivity (Wildman–Crippen MR) is 154 cm³/mol. The van der Waals surface area contributed by atoms with Gasteiger partial charge in [-0.25, -0.2) is 9.79 Å². The molecule has 3 heterocycles. The number of esters is 1. The average molecular weight is 538 g/mol. The summed E-state index contributed by atoms with van der Waals surface area (Å²) in [4.78, 5) is 33.0. The third kappa shape index (κ3) is 4.81. The maximum atomic E-state index is 13.7. The number of carbonyl (C=O) groups is 2. The highest BCUT2D eigenvalue weighted by atomic mass is 16.5. The number of hydrogen-bond donors (Lipinski definition) is 1. The van der Waals surface area contributed by atoms with E-state index in [1.807, 2.05) is 18.2 Å². The van der Waals surface area contributed by atoms with E-state index in [4.69, 9.17) is 18.9 Å². The van der Waals surface area contributed by atoms with Gasteiger partial charge in [0.2, 0.25) is 5.55 Å². The van der Waals surface area contributed by atoms with Crippen LogP contribution in [0.5, 0.6) is 5.75 Å². The fourth-order valence-corrected chi connectivity index (χ4v) is 5.64. The number of amides is 1. The minimum atomic E-state index is -0.394. The number of hydrogen-bond acceptors (Lipinski definition) is 7. The smallest absolute Gasteiger partial charge is 0.338 e. The lowest BCUT2D eigenvalue weighted by Crippen LogP contribution is -2.34. The molecule has 4 aromatic rings. The fourth-order valence-electron chi connectivity index (χ4n) is 5.64. The number of nitrogens with zero attached hydrogens (tertiary/aromatic N) is 2. The molecule has 1 N–H and O–H groups in total. The molecular weight excluding hydrogens is 506 g/mol. The molecule has 0 radical (unpaired) electrons. The van der Waals surface area contributed by atoms with Gasteiger partial charge in [0.1, 0.15) is 16.9 Å². The van der Waals surface area contributed by atoms with Gasteiger partial charge in [0, 0.05) is 29.7 Å². The zero-order valence-corrected chi connectivity index (χ0v) is 22.7. The Balaban J connectivity index is 1.50. The van der Waals surface area contributed by atoms with Crippen LogP contribution in [-0.4, -0.2) is 38.7 Å². The first-order chi connectivity index (χ1) is 19.6. The van der Waals surface area contributed by atoms with Crippen LogP contribution in [0.15, 0.2) is 70.1 Å². The van der Waals surface area contributed by atoms with Gasteiger partial charge in [-0.3, -0.25) is 4.79 Å². The Kier molecular flexibility index (Phi) is 6.99. The van der Waals surface area contributed by atoms with Crippen molar-refractivity contribution in [2.24, 2.45) is 4.99 Å². The van der Waals surface area contributed by atoms with Crippen molar-refractivity contribution in [3.63, 3.8) is 0 Å². The summed E-state index contributed by atoms with van der Waals surface area (Å²) in [6.45, 7) is 4.17. The van der Waals surface area contributed by atoms with Crippen molar-refractivity contribution in [2.45, 2.75) is 32.6 Å². The highest BCUT2D eigenvalue weighted by molar-refractivity contribution is 6.06. The maximum Gasteiger partial charge on any atom is 0.338 e. The van der Waals surface area contributed by atoms with Gasteiger partial charge < -0.3 is 24.1 Å². The second kappa shape index (κ2) is 10.9. The highest BCUT2D eigenvalue weighted by Gasteiger charge is 2.27. The van der Waals surface area contributed by atoms with Gasteiger partial charge in [-0.2, -0.15) is 0 Å². The minimum absolute atomic E-state index is 0.202. The summed E-state index contributed by atoms with van der Waals surface area (Å²) in [5, 5.41) is 3.85. The summed E-state index contributed by atoms with van der Waals surface area (Å²) in [5.74, 6) is -0.194. The summed E-state index contributed by atoms with van der Waals surface area (Å²) in [6.07, 6.45) is 4.10. The van der Waals surface area contributed by atoms with Crippen LogP contribution in [0.25, 0.3) is 11.0 Å². The zero-order valence-electron chi connectivity index (χ0n) is 22.7. The summed E-state index contributed by atoms with van der Waals surface area (Å²) in [6, 6.07) is 18.0. The lowest BCUT2D eigenvalue weighted by Gasteiger charge is -2.37. The van der Waals surface area contributed by atoms with Crippen molar-refractivity contribution in [3.8, 4) is 5.75 Å². The maximum absolute atomic E-state index is 13.7. The van der Waals surface area contributed by atoms with Gasteiger partial charge in [0.05, 0.1) is 30.7 Å². The third-order valence-electron chi connectivity index (χ3n) is 7.44. The van der Waals surface area contributed by atoms with Crippen LogP contribution >= 0.6 is 0 Å². The van der Waals surface area contributed by atoms with Gasteiger partial charge in [0.25, 0.3) is 5.91 Å². The number of para-hydroxylation sites is 2. The van der Waals surface area contributed by atoms with Crippen molar-refractivity contribution < 1.29 is 23.5 Å². The molecule has 0 aliphatic carbocycles. The first kappa shape index (κ1) is 25.7. The van der Waals surface area contributed by atoms with Crippen molar-refractivity contribution in [1.29, 1.82) is 0 Å². The van der Waals surface area contributed by atoms with E-state index in [1.54, 1.807) is 50.4 Å². The Labute approximate surface area is 232 Å². The van der Waals surface area contributed by atoms with Gasteiger partial charge in [-0.05, 0) is 86.7 Å². The number of aryl methyl sites for hydroxylation is 2. The van der Waals surface area contributed by atoms with Crippen LogP contribution in [-0.2, 0) is 17.6 Å². The van der Waals surface area contributed by atoms with Crippen LogP contribution in [0.2, 0.25) is 0 Å². The van der Waals surface area contributed by atoms with E-state index in [0.29, 0.717) is 34.9 Å². The Hall–Kier alpha value is -4.59. The number of carbonyl (C=O) groups excluding carboxylic acids is 2. The Bertz CT molecular complexity index is 1670. The molecule has 0 spiro atoms. The van der Waals surface area contributed by atoms with Gasteiger partial charge in [-0.15, -0.1) is 0 Å². The number of methoxy groups -OCH3 is 1. The number of rotatable bonds is 6. The fraction of sp³-hybridized carbons (Fsp3) is 0.281. The molecule has 0 atom stereocenters. The average Bonchev–Trinajstić information content (AvgIpc) is 2.98. The molecule has 0 saturated heterocycles. The lowest BCUT2D eigenvalue weighted by molar-refractivity contribution is 0.0526. The molecule has 2 aliphatic rings. The first-order valence-corrected chi connectivity index (χ1v) is 13.7. The molecule has 40 heavy (non-hydrogen) atoms. The van der Waals surface area contributed by atoms with Gasteiger partial charge in [-0.1, -0.05) is 12.1 Å². The molecule has 8 heteroatoms. The standard InChI is InChI=1S/C32H31N3O5/c1-3-39-32(37)20-12-14-23(15-13-20)33-31-25(30(36)34-26-10-4-5-11-27(26)38-2)19-22-18-21-8-6-16-35-17-7-9-24(28(21)35)29(22)40-31/h4-5,10-15,18-19H,3,6-9,16-17H2,1-2H3,(H,34,36). The van der Waals surface area contributed by atoms with Crippen LogP contribution in [0.3, 0.4) is 0 Å². The molecule has 0 saturated carbocycles. The molecule has 0 unspecified atom stereocenters. The first-order valence-electron chi connectivity index (χ1n) is 13.7. The Morgan fingerprint density at radius 1 is 1.02 bits per heavy atom. The van der Waals surface area contributed by atoms with E-state index in [9.17, 15) is 9.59 Å². The van der Waals surface area contributed by atoms with E-state index in [0.717, 1.165) is 49.7 Å². The minimum Gasteiger partial charge on any atom is -0.495 e. The van der Waals surface area contributed by atoms with E-state index >= 15 is 0 Å². The van der Waals surface area contributed by atoms with Crippen LogP contribution in [0.1, 0.15) is 51.6 Å². The number of nitrogens with one attached hydrogen (secondary N) is 1. The van der Waals surface area contributed by atoms with Gasteiger partial charge in [0.15, 0.2) is 0 Å². The van der Waals surface area contributed by atoms with Crippen LogP contribution in [0, 0.1) is 0 Å². The Morgan fingerprint density at radius 3 is 2.58 bits per heavy atom. The topological polar surface area (TPSA) is 93.4 Å². The number of anilines is 2. The molecule has 1 aromatic heterocycles. The molecule has 1 amide bonds. The quantitative estimate of drug-likeness (QED) is 0.313. The summed E-state index contributed by atoms with van der Waals surface area (Å²) >= 11 is 0. The Morgan fingerprint density at radius 2 is 1.80 bits per heavy atom. The van der Waals surface area contributed by atoms with Crippen molar-refractivity contribution in [1.82, 2.24) is 0 Å². The zero-order chi connectivity index (χ0) is 27.6.